The molecule has 2 aromatic rings. The average molecular weight is 231 g/mol. The Morgan fingerprint density at radius 1 is 1.29 bits per heavy atom. The number of nitrogens with two attached hydrogens (primary N) is 1. The zero-order chi connectivity index (χ0) is 12.1. The van der Waals surface area contributed by atoms with E-state index in [2.05, 4.69) is 15.5 Å². The van der Waals surface area contributed by atoms with Gasteiger partial charge in [-0.1, -0.05) is 0 Å². The highest BCUT2D eigenvalue weighted by atomic mass is 15.2. The fourth-order valence-electron chi connectivity index (χ4n) is 1.86. The molecule has 0 spiro atoms. The van der Waals surface area contributed by atoms with Gasteiger partial charge in [0.2, 0.25) is 0 Å². The van der Waals surface area contributed by atoms with E-state index in [0.29, 0.717) is 0 Å². The van der Waals surface area contributed by atoms with Crippen molar-refractivity contribution in [3.63, 3.8) is 0 Å². The molecule has 0 aliphatic rings. The van der Waals surface area contributed by atoms with Gasteiger partial charge < -0.3 is 0 Å². The second-order valence-electron chi connectivity index (χ2n) is 4.15. The molecular formula is C12H17N5. The number of aromatic nitrogens is 3. The molecular weight excluding hydrogens is 214 g/mol. The summed E-state index contributed by atoms with van der Waals surface area (Å²) in [6.45, 7) is 0. The van der Waals surface area contributed by atoms with Gasteiger partial charge in [0.15, 0.2) is 0 Å². The normalized spacial score (nSPS) is 12.6. The van der Waals surface area contributed by atoms with Crippen LogP contribution in [-0.4, -0.2) is 20.8 Å². The molecule has 5 nitrogen and oxygen atoms in total. The number of aryl methyl sites for hydroxylation is 1. The van der Waals surface area contributed by atoms with Gasteiger partial charge >= 0.3 is 0 Å². The van der Waals surface area contributed by atoms with Crippen molar-refractivity contribution in [1.29, 1.82) is 0 Å². The maximum Gasteiger partial charge on any atom is 0.0522 e. The van der Waals surface area contributed by atoms with Crippen LogP contribution in [-0.2, 0) is 19.9 Å². The monoisotopic (exact) mass is 231 g/mol. The molecule has 1 atom stereocenters. The first-order valence-corrected chi connectivity index (χ1v) is 5.60. The minimum atomic E-state index is 0.210. The zero-order valence-corrected chi connectivity index (χ0v) is 9.87. The molecule has 0 saturated heterocycles. The first-order chi connectivity index (χ1) is 8.28. The molecule has 2 rings (SSSR count). The summed E-state index contributed by atoms with van der Waals surface area (Å²) >= 11 is 0. The molecule has 0 amide bonds. The maximum atomic E-state index is 5.58. The van der Waals surface area contributed by atoms with Gasteiger partial charge in [-0.2, -0.15) is 5.10 Å². The Morgan fingerprint density at radius 3 is 2.59 bits per heavy atom. The molecule has 17 heavy (non-hydrogen) atoms. The Labute approximate surface area is 101 Å². The number of hydrogen-bond acceptors (Lipinski definition) is 4. The summed E-state index contributed by atoms with van der Waals surface area (Å²) in [5.74, 6) is 5.58. The summed E-state index contributed by atoms with van der Waals surface area (Å²) in [4.78, 5) is 4.00. The lowest BCUT2D eigenvalue weighted by atomic mass is 10.0. The smallest absolute Gasteiger partial charge is 0.0522 e. The highest BCUT2D eigenvalue weighted by Crippen LogP contribution is 2.07. The largest absolute Gasteiger partial charge is 0.276 e. The number of hydrazine groups is 1. The van der Waals surface area contributed by atoms with Crippen molar-refractivity contribution in [3.8, 4) is 0 Å². The lowest BCUT2D eigenvalue weighted by Crippen LogP contribution is -2.38. The molecule has 2 aromatic heterocycles. The lowest BCUT2D eigenvalue weighted by Gasteiger charge is -2.14. The predicted molar refractivity (Wildman–Crippen MR) is 66.0 cm³/mol. The number of pyridine rings is 1. The van der Waals surface area contributed by atoms with E-state index in [1.54, 1.807) is 17.1 Å². The van der Waals surface area contributed by atoms with Crippen molar-refractivity contribution < 1.29 is 0 Å². The second kappa shape index (κ2) is 5.56. The summed E-state index contributed by atoms with van der Waals surface area (Å²) in [5, 5.41) is 4.15. The van der Waals surface area contributed by atoms with Crippen molar-refractivity contribution in [2.45, 2.75) is 18.9 Å². The van der Waals surface area contributed by atoms with Crippen LogP contribution < -0.4 is 11.3 Å². The number of hydrogen-bond donors (Lipinski definition) is 2. The minimum absolute atomic E-state index is 0.210. The Hall–Kier alpha value is -1.72. The third-order valence-corrected chi connectivity index (χ3v) is 2.71. The van der Waals surface area contributed by atoms with Crippen molar-refractivity contribution >= 4 is 0 Å². The molecule has 3 N–H and O–H groups in total. The molecule has 2 heterocycles. The fourth-order valence-corrected chi connectivity index (χ4v) is 1.86. The van der Waals surface area contributed by atoms with Crippen LogP contribution in [0.15, 0.2) is 36.9 Å². The topological polar surface area (TPSA) is 68.8 Å². The first-order valence-electron chi connectivity index (χ1n) is 5.60. The van der Waals surface area contributed by atoms with Crippen LogP contribution in [0.3, 0.4) is 0 Å². The molecule has 0 aliphatic carbocycles. The zero-order valence-electron chi connectivity index (χ0n) is 9.87. The first kappa shape index (κ1) is 11.8. The molecule has 0 bridgehead atoms. The summed E-state index contributed by atoms with van der Waals surface area (Å²) in [5.41, 5.74) is 5.26. The summed E-state index contributed by atoms with van der Waals surface area (Å²) in [6, 6.07) is 4.22. The Balaban J connectivity index is 1.98. The predicted octanol–water partition coefficient (Wildman–Crippen LogP) is 0.432. The van der Waals surface area contributed by atoms with Crippen LogP contribution in [0, 0.1) is 0 Å². The molecule has 0 radical (unpaired) electrons. The summed E-state index contributed by atoms with van der Waals surface area (Å²) in [6.07, 6.45) is 9.23. The molecule has 5 heteroatoms. The van der Waals surface area contributed by atoms with Gasteiger partial charge in [-0.15, -0.1) is 0 Å². The SMILES string of the molecule is Cn1cc(CC(Cc2ccncc2)NN)cn1. The quantitative estimate of drug-likeness (QED) is 0.578. The van der Waals surface area contributed by atoms with Crippen LogP contribution in [0.5, 0.6) is 0 Å². The van der Waals surface area contributed by atoms with Crippen molar-refractivity contribution in [2.75, 3.05) is 0 Å². The Kier molecular flexibility index (Phi) is 3.85. The van der Waals surface area contributed by atoms with Crippen molar-refractivity contribution in [1.82, 2.24) is 20.2 Å². The number of nitrogens with zero attached hydrogens (tertiary/aromatic N) is 3. The third kappa shape index (κ3) is 3.37. The van der Waals surface area contributed by atoms with Crippen molar-refractivity contribution in [2.24, 2.45) is 12.9 Å². The number of rotatable bonds is 5. The Bertz CT molecular complexity index is 451. The standard InChI is InChI=1S/C12H17N5/c1-17-9-11(8-15-17)7-12(16-13)6-10-2-4-14-5-3-10/h2-5,8-9,12,16H,6-7,13H2,1H3. The van der Waals surface area contributed by atoms with Gasteiger partial charge in [-0.05, 0) is 36.1 Å². The van der Waals surface area contributed by atoms with E-state index in [1.807, 2.05) is 31.6 Å². The Morgan fingerprint density at radius 2 is 2.00 bits per heavy atom. The van der Waals surface area contributed by atoms with Crippen LogP contribution >= 0.6 is 0 Å². The molecule has 0 fully saturated rings. The highest BCUT2D eigenvalue weighted by molar-refractivity contribution is 5.13. The lowest BCUT2D eigenvalue weighted by molar-refractivity contribution is 0.522. The average Bonchev–Trinajstić information content (AvgIpc) is 2.75. The minimum Gasteiger partial charge on any atom is -0.276 e. The van der Waals surface area contributed by atoms with E-state index in [4.69, 9.17) is 5.84 Å². The van der Waals surface area contributed by atoms with E-state index in [0.717, 1.165) is 12.8 Å². The molecule has 0 aromatic carbocycles. The van der Waals surface area contributed by atoms with Gasteiger partial charge in [0.25, 0.3) is 0 Å². The number of nitrogens with one attached hydrogen (secondary N) is 1. The third-order valence-electron chi connectivity index (χ3n) is 2.71. The molecule has 90 valence electrons. The van der Waals surface area contributed by atoms with Crippen LogP contribution in [0.1, 0.15) is 11.1 Å². The van der Waals surface area contributed by atoms with Crippen LogP contribution in [0.2, 0.25) is 0 Å². The second-order valence-corrected chi connectivity index (χ2v) is 4.15. The molecule has 0 aliphatic heterocycles. The van der Waals surface area contributed by atoms with Gasteiger partial charge in [-0.3, -0.25) is 20.9 Å². The van der Waals surface area contributed by atoms with Gasteiger partial charge in [0, 0.05) is 31.7 Å². The van der Waals surface area contributed by atoms with E-state index < -0.39 is 0 Å². The van der Waals surface area contributed by atoms with Gasteiger partial charge in [-0.25, -0.2) is 0 Å². The van der Waals surface area contributed by atoms with Crippen LogP contribution in [0.25, 0.3) is 0 Å². The van der Waals surface area contributed by atoms with E-state index in [9.17, 15) is 0 Å². The maximum absolute atomic E-state index is 5.58. The summed E-state index contributed by atoms with van der Waals surface area (Å²) < 4.78 is 1.80. The molecule has 0 saturated carbocycles. The van der Waals surface area contributed by atoms with E-state index in [-0.39, 0.29) is 6.04 Å². The van der Waals surface area contributed by atoms with Crippen molar-refractivity contribution in [3.05, 3.63) is 48.0 Å². The fraction of sp³-hybridized carbons (Fsp3) is 0.333. The van der Waals surface area contributed by atoms with Crippen LogP contribution in [0.4, 0.5) is 0 Å². The molecule has 1 unspecified atom stereocenters. The van der Waals surface area contributed by atoms with E-state index in [1.165, 1.54) is 11.1 Å². The van der Waals surface area contributed by atoms with Gasteiger partial charge in [0.1, 0.15) is 0 Å². The summed E-state index contributed by atoms with van der Waals surface area (Å²) in [7, 11) is 1.91. The van der Waals surface area contributed by atoms with E-state index >= 15 is 0 Å². The van der Waals surface area contributed by atoms with Gasteiger partial charge in [0.05, 0.1) is 6.20 Å². The highest BCUT2D eigenvalue weighted by Gasteiger charge is 2.09.